The lowest BCUT2D eigenvalue weighted by atomic mass is 9.91. The Bertz CT molecular complexity index is 569. The number of methoxy groups -OCH3 is 1. The monoisotopic (exact) mass is 364 g/mol. The van der Waals surface area contributed by atoms with Crippen molar-refractivity contribution in [1.29, 1.82) is 0 Å². The van der Waals surface area contributed by atoms with E-state index in [0.717, 1.165) is 51.9 Å². The highest BCUT2D eigenvalue weighted by Crippen LogP contribution is 2.28. The smallest absolute Gasteiger partial charge is 0.231 e. The van der Waals surface area contributed by atoms with Crippen molar-refractivity contribution in [3.05, 3.63) is 11.7 Å². The van der Waals surface area contributed by atoms with Crippen LogP contribution in [0.1, 0.15) is 56.7 Å². The summed E-state index contributed by atoms with van der Waals surface area (Å²) < 4.78 is 10.5. The highest BCUT2D eigenvalue weighted by molar-refractivity contribution is 5.76. The number of hydrogen-bond donors (Lipinski definition) is 0. The molecular formula is C19H32N4O3. The minimum Gasteiger partial charge on any atom is -0.384 e. The van der Waals surface area contributed by atoms with Gasteiger partial charge >= 0.3 is 0 Å². The molecule has 0 radical (unpaired) electrons. The average Bonchev–Trinajstić information content (AvgIpc) is 3.16. The van der Waals surface area contributed by atoms with E-state index in [1.165, 1.54) is 0 Å². The number of amides is 1. The molecule has 3 heterocycles. The Balaban J connectivity index is 1.49. The third-order valence-electron chi connectivity index (χ3n) is 5.75. The molecule has 3 rings (SSSR count). The van der Waals surface area contributed by atoms with Gasteiger partial charge in [0.1, 0.15) is 0 Å². The molecule has 0 unspecified atom stereocenters. The zero-order chi connectivity index (χ0) is 18.4. The number of hydrogen-bond acceptors (Lipinski definition) is 6. The van der Waals surface area contributed by atoms with Crippen LogP contribution in [0.2, 0.25) is 0 Å². The number of carbonyl (C=O) groups is 1. The van der Waals surface area contributed by atoms with Gasteiger partial charge in [0.25, 0.3) is 0 Å². The van der Waals surface area contributed by atoms with Crippen LogP contribution in [-0.4, -0.2) is 72.3 Å². The Morgan fingerprint density at radius 1 is 1.27 bits per heavy atom. The van der Waals surface area contributed by atoms with Crippen molar-refractivity contribution < 1.29 is 14.1 Å². The van der Waals surface area contributed by atoms with E-state index in [0.29, 0.717) is 49.5 Å². The van der Waals surface area contributed by atoms with Crippen molar-refractivity contribution in [2.24, 2.45) is 5.92 Å². The predicted octanol–water partition coefficient (Wildman–Crippen LogP) is 2.09. The maximum atomic E-state index is 12.8. The minimum atomic E-state index is 0.165. The van der Waals surface area contributed by atoms with E-state index in [-0.39, 0.29) is 5.92 Å². The number of rotatable bonds is 7. The number of likely N-dealkylation sites (tertiary alicyclic amines) is 2. The van der Waals surface area contributed by atoms with E-state index in [2.05, 4.69) is 22.0 Å². The molecule has 1 amide bonds. The maximum Gasteiger partial charge on any atom is 0.231 e. The van der Waals surface area contributed by atoms with Gasteiger partial charge in [-0.3, -0.25) is 4.79 Å². The Morgan fingerprint density at radius 2 is 2.08 bits per heavy atom. The van der Waals surface area contributed by atoms with Gasteiger partial charge in [0.05, 0.1) is 12.5 Å². The van der Waals surface area contributed by atoms with Crippen molar-refractivity contribution in [2.45, 2.75) is 51.4 Å². The molecule has 0 bridgehead atoms. The Hall–Kier alpha value is -1.47. The summed E-state index contributed by atoms with van der Waals surface area (Å²) in [6.07, 6.45) is 5.64. The van der Waals surface area contributed by atoms with Crippen molar-refractivity contribution in [3.8, 4) is 0 Å². The second-order valence-corrected chi connectivity index (χ2v) is 7.55. The van der Waals surface area contributed by atoms with Gasteiger partial charge in [-0.25, -0.2) is 0 Å². The fraction of sp³-hybridized carbons (Fsp3) is 0.842. The number of aromatic nitrogens is 2. The van der Waals surface area contributed by atoms with Gasteiger partial charge in [-0.05, 0) is 51.2 Å². The van der Waals surface area contributed by atoms with E-state index < -0.39 is 0 Å². The molecule has 7 heteroatoms. The van der Waals surface area contributed by atoms with Crippen LogP contribution in [0.15, 0.2) is 4.52 Å². The van der Waals surface area contributed by atoms with Gasteiger partial charge in [0.15, 0.2) is 5.82 Å². The lowest BCUT2D eigenvalue weighted by Gasteiger charge is -2.34. The van der Waals surface area contributed by atoms with E-state index in [9.17, 15) is 4.79 Å². The molecule has 0 aromatic carbocycles. The van der Waals surface area contributed by atoms with Crippen LogP contribution < -0.4 is 0 Å². The molecule has 0 aliphatic carbocycles. The summed E-state index contributed by atoms with van der Waals surface area (Å²) in [6, 6.07) is 0. The summed E-state index contributed by atoms with van der Waals surface area (Å²) >= 11 is 0. The highest BCUT2D eigenvalue weighted by atomic mass is 16.5. The first-order valence-electron chi connectivity index (χ1n) is 10.0. The topological polar surface area (TPSA) is 71.7 Å². The third-order valence-corrected chi connectivity index (χ3v) is 5.75. The standard InChI is InChI=1S/C19H32N4O3/c1-3-22-10-6-15(7-11-22)13-18(24)23-9-4-5-16(14-23)19-20-17(21-26-19)8-12-25-2/h15-16H,3-14H2,1-2H3/t16-/m1/s1. The molecular weight excluding hydrogens is 332 g/mol. The van der Waals surface area contributed by atoms with Gasteiger partial charge in [-0.1, -0.05) is 12.1 Å². The van der Waals surface area contributed by atoms with Crippen LogP contribution in [0.4, 0.5) is 0 Å². The molecule has 0 saturated carbocycles. The fourth-order valence-electron chi connectivity index (χ4n) is 4.02. The Labute approximate surface area is 156 Å². The minimum absolute atomic E-state index is 0.165. The molecule has 0 spiro atoms. The lowest BCUT2D eigenvalue weighted by Crippen LogP contribution is -2.41. The first-order chi connectivity index (χ1) is 12.7. The van der Waals surface area contributed by atoms with Gasteiger partial charge in [-0.15, -0.1) is 0 Å². The molecule has 26 heavy (non-hydrogen) atoms. The molecule has 2 aliphatic rings. The van der Waals surface area contributed by atoms with Crippen LogP contribution in [0.3, 0.4) is 0 Å². The summed E-state index contributed by atoms with van der Waals surface area (Å²) in [5.41, 5.74) is 0. The van der Waals surface area contributed by atoms with Crippen molar-refractivity contribution >= 4 is 5.91 Å². The lowest BCUT2D eigenvalue weighted by molar-refractivity contribution is -0.133. The largest absolute Gasteiger partial charge is 0.384 e. The zero-order valence-electron chi connectivity index (χ0n) is 16.2. The molecule has 2 aliphatic heterocycles. The van der Waals surface area contributed by atoms with Gasteiger partial charge in [0, 0.05) is 33.0 Å². The first kappa shape index (κ1) is 19.3. The maximum absolute atomic E-state index is 12.8. The summed E-state index contributed by atoms with van der Waals surface area (Å²) in [6.45, 7) is 7.73. The third kappa shape index (κ3) is 5.04. The molecule has 1 aromatic heterocycles. The second kappa shape index (κ2) is 9.46. The second-order valence-electron chi connectivity index (χ2n) is 7.55. The van der Waals surface area contributed by atoms with Gasteiger partial charge in [0.2, 0.25) is 11.8 Å². The number of nitrogens with zero attached hydrogens (tertiary/aromatic N) is 4. The molecule has 146 valence electrons. The molecule has 0 N–H and O–H groups in total. The van der Waals surface area contributed by atoms with E-state index >= 15 is 0 Å². The number of carbonyl (C=O) groups excluding carboxylic acids is 1. The average molecular weight is 364 g/mol. The number of piperidine rings is 2. The predicted molar refractivity (Wildman–Crippen MR) is 97.9 cm³/mol. The zero-order valence-corrected chi connectivity index (χ0v) is 16.2. The fourth-order valence-corrected chi connectivity index (χ4v) is 4.02. The van der Waals surface area contributed by atoms with Crippen LogP contribution >= 0.6 is 0 Å². The van der Waals surface area contributed by atoms with Crippen LogP contribution in [-0.2, 0) is 16.0 Å². The Kier molecular flexibility index (Phi) is 7.02. The van der Waals surface area contributed by atoms with Crippen LogP contribution in [0, 0.1) is 5.92 Å². The molecule has 2 saturated heterocycles. The van der Waals surface area contributed by atoms with Crippen LogP contribution in [0.25, 0.3) is 0 Å². The Morgan fingerprint density at radius 3 is 2.81 bits per heavy atom. The van der Waals surface area contributed by atoms with E-state index in [4.69, 9.17) is 9.26 Å². The van der Waals surface area contributed by atoms with Gasteiger partial charge < -0.3 is 19.1 Å². The summed E-state index contributed by atoms with van der Waals surface area (Å²) in [7, 11) is 1.66. The van der Waals surface area contributed by atoms with E-state index in [1.54, 1.807) is 7.11 Å². The SMILES string of the molecule is CCN1CCC(CC(=O)N2CCC[C@@H](c3nc(CCOC)no3)C2)CC1. The molecule has 1 aromatic rings. The summed E-state index contributed by atoms with van der Waals surface area (Å²) in [4.78, 5) is 21.7. The van der Waals surface area contributed by atoms with Crippen LogP contribution in [0.5, 0.6) is 0 Å². The molecule has 2 fully saturated rings. The van der Waals surface area contributed by atoms with Crippen molar-refractivity contribution in [2.75, 3.05) is 46.4 Å². The normalized spacial score (nSPS) is 22.7. The van der Waals surface area contributed by atoms with Crippen molar-refractivity contribution in [3.63, 3.8) is 0 Å². The van der Waals surface area contributed by atoms with Crippen molar-refractivity contribution in [1.82, 2.24) is 19.9 Å². The first-order valence-corrected chi connectivity index (χ1v) is 10.0. The highest BCUT2D eigenvalue weighted by Gasteiger charge is 2.30. The van der Waals surface area contributed by atoms with Gasteiger partial charge in [-0.2, -0.15) is 4.98 Å². The summed E-state index contributed by atoms with van der Waals surface area (Å²) in [5, 5.41) is 4.03. The molecule has 1 atom stereocenters. The molecule has 7 nitrogen and oxygen atoms in total. The summed E-state index contributed by atoms with van der Waals surface area (Å²) in [5.74, 6) is 2.36. The number of ether oxygens (including phenoxy) is 1. The quantitative estimate of drug-likeness (QED) is 0.738. The van der Waals surface area contributed by atoms with E-state index in [1.807, 2.05) is 4.90 Å².